The molecule has 0 fully saturated rings. The zero-order chi connectivity index (χ0) is 10.8. The Morgan fingerprint density at radius 2 is 2.14 bits per heavy atom. The summed E-state index contributed by atoms with van der Waals surface area (Å²) in [6.45, 7) is 0. The van der Waals surface area contributed by atoms with Crippen LogP contribution in [-0.4, -0.2) is 14.7 Å². The molecule has 0 heterocycles. The molecule has 0 radical (unpaired) electrons. The number of hydrogen-bond donors (Lipinski definition) is 0. The number of nitrogens with zero attached hydrogens (tertiary/aromatic N) is 1. The normalized spacial score (nSPS) is 10.9. The SMILES string of the molecule is CS(=O)(=O)c1cc(C#N)ccc1CBr. The van der Waals surface area contributed by atoms with E-state index in [1.807, 2.05) is 6.07 Å². The zero-order valence-corrected chi connectivity index (χ0v) is 9.89. The fraction of sp³-hybridized carbons (Fsp3) is 0.222. The maximum atomic E-state index is 11.4. The summed E-state index contributed by atoms with van der Waals surface area (Å²) in [5, 5.41) is 9.09. The Morgan fingerprint density at radius 1 is 1.50 bits per heavy atom. The van der Waals surface area contributed by atoms with Crippen LogP contribution in [0.25, 0.3) is 0 Å². The molecule has 3 nitrogen and oxygen atoms in total. The molecule has 74 valence electrons. The van der Waals surface area contributed by atoms with Gasteiger partial charge in [0.15, 0.2) is 9.84 Å². The van der Waals surface area contributed by atoms with Gasteiger partial charge in [-0.1, -0.05) is 22.0 Å². The summed E-state index contributed by atoms with van der Waals surface area (Å²) in [4.78, 5) is 0.216. The van der Waals surface area contributed by atoms with Crippen molar-refractivity contribution in [3.63, 3.8) is 0 Å². The van der Waals surface area contributed by atoms with E-state index in [-0.39, 0.29) is 4.90 Å². The van der Waals surface area contributed by atoms with Crippen molar-refractivity contribution in [2.24, 2.45) is 0 Å². The van der Waals surface area contributed by atoms with Crippen molar-refractivity contribution in [1.82, 2.24) is 0 Å². The van der Waals surface area contributed by atoms with E-state index in [1.165, 1.54) is 6.07 Å². The summed E-state index contributed by atoms with van der Waals surface area (Å²) in [7, 11) is -3.26. The maximum Gasteiger partial charge on any atom is 0.175 e. The zero-order valence-electron chi connectivity index (χ0n) is 7.49. The van der Waals surface area contributed by atoms with Crippen molar-refractivity contribution in [2.45, 2.75) is 10.2 Å². The number of sulfone groups is 1. The molecular weight excluding hydrogens is 266 g/mol. The fourth-order valence-corrected chi connectivity index (χ4v) is 2.71. The summed E-state index contributed by atoms with van der Waals surface area (Å²) in [5.41, 5.74) is 1.03. The molecule has 0 aliphatic heterocycles. The van der Waals surface area contributed by atoms with Gasteiger partial charge in [0.1, 0.15) is 0 Å². The monoisotopic (exact) mass is 273 g/mol. The molecule has 0 atom stereocenters. The van der Waals surface area contributed by atoms with Crippen molar-refractivity contribution in [1.29, 1.82) is 5.26 Å². The van der Waals surface area contributed by atoms with Gasteiger partial charge in [-0.05, 0) is 17.7 Å². The highest BCUT2D eigenvalue weighted by atomic mass is 79.9. The van der Waals surface area contributed by atoms with E-state index in [0.717, 1.165) is 6.26 Å². The van der Waals surface area contributed by atoms with Gasteiger partial charge in [0.2, 0.25) is 0 Å². The lowest BCUT2D eigenvalue weighted by Gasteiger charge is -2.04. The molecule has 0 amide bonds. The molecule has 1 rings (SSSR count). The lowest BCUT2D eigenvalue weighted by molar-refractivity contribution is 0.601. The van der Waals surface area contributed by atoms with Crippen LogP contribution in [0.4, 0.5) is 0 Å². The van der Waals surface area contributed by atoms with Crippen molar-refractivity contribution in [3.05, 3.63) is 29.3 Å². The lowest BCUT2D eigenvalue weighted by atomic mass is 10.2. The molecule has 0 spiro atoms. The Hall–Kier alpha value is -0.860. The van der Waals surface area contributed by atoms with Crippen LogP contribution in [0.2, 0.25) is 0 Å². The van der Waals surface area contributed by atoms with Crippen molar-refractivity contribution >= 4 is 25.8 Å². The Labute approximate surface area is 91.4 Å². The third kappa shape index (κ3) is 2.34. The van der Waals surface area contributed by atoms with Crippen LogP contribution in [0, 0.1) is 11.3 Å². The smallest absolute Gasteiger partial charge is 0.175 e. The highest BCUT2D eigenvalue weighted by molar-refractivity contribution is 9.08. The Balaban J connectivity index is 3.47. The highest BCUT2D eigenvalue weighted by Gasteiger charge is 2.12. The van der Waals surface area contributed by atoms with Crippen LogP contribution in [0.15, 0.2) is 23.1 Å². The molecular formula is C9H8BrNO2S. The predicted molar refractivity (Wildman–Crippen MR) is 56.9 cm³/mol. The molecule has 0 unspecified atom stereocenters. The number of benzene rings is 1. The second-order valence-corrected chi connectivity index (χ2v) is 5.38. The third-order valence-electron chi connectivity index (χ3n) is 1.74. The Kier molecular flexibility index (Phi) is 3.29. The fourth-order valence-electron chi connectivity index (χ4n) is 1.08. The second kappa shape index (κ2) is 4.11. The predicted octanol–water partition coefficient (Wildman–Crippen LogP) is 1.86. The Morgan fingerprint density at radius 3 is 2.57 bits per heavy atom. The maximum absolute atomic E-state index is 11.4. The van der Waals surface area contributed by atoms with Crippen LogP contribution < -0.4 is 0 Å². The largest absolute Gasteiger partial charge is 0.224 e. The number of hydrogen-bond acceptors (Lipinski definition) is 3. The van der Waals surface area contributed by atoms with Gasteiger partial charge in [-0.15, -0.1) is 0 Å². The summed E-state index contributed by atoms with van der Waals surface area (Å²) >= 11 is 3.20. The van der Waals surface area contributed by atoms with Crippen molar-refractivity contribution in [2.75, 3.05) is 6.26 Å². The molecule has 14 heavy (non-hydrogen) atoms. The molecule has 0 aliphatic rings. The van der Waals surface area contributed by atoms with Gasteiger partial charge in [0.25, 0.3) is 0 Å². The second-order valence-electron chi connectivity index (χ2n) is 2.84. The van der Waals surface area contributed by atoms with Gasteiger partial charge in [-0.2, -0.15) is 5.26 Å². The van der Waals surface area contributed by atoms with Gasteiger partial charge in [0, 0.05) is 11.6 Å². The van der Waals surface area contributed by atoms with E-state index >= 15 is 0 Å². The highest BCUT2D eigenvalue weighted by Crippen LogP contribution is 2.19. The molecule has 0 aliphatic carbocycles. The molecule has 0 bridgehead atoms. The lowest BCUT2D eigenvalue weighted by Crippen LogP contribution is -2.01. The van der Waals surface area contributed by atoms with E-state index in [1.54, 1.807) is 12.1 Å². The van der Waals surface area contributed by atoms with Gasteiger partial charge < -0.3 is 0 Å². The van der Waals surface area contributed by atoms with Crippen LogP contribution in [-0.2, 0) is 15.2 Å². The van der Waals surface area contributed by atoms with Crippen LogP contribution in [0.3, 0.4) is 0 Å². The minimum Gasteiger partial charge on any atom is -0.224 e. The minimum absolute atomic E-state index is 0.216. The molecule has 1 aromatic carbocycles. The first-order valence-electron chi connectivity index (χ1n) is 3.78. The van der Waals surface area contributed by atoms with E-state index < -0.39 is 9.84 Å². The van der Waals surface area contributed by atoms with E-state index in [0.29, 0.717) is 16.5 Å². The first kappa shape index (κ1) is 11.2. The van der Waals surface area contributed by atoms with Crippen LogP contribution in [0.5, 0.6) is 0 Å². The standard InChI is InChI=1S/C9H8BrNO2S/c1-14(12,13)9-4-7(6-11)2-3-8(9)5-10/h2-4H,5H2,1H3. The molecule has 0 N–H and O–H groups in total. The van der Waals surface area contributed by atoms with Gasteiger partial charge in [-0.25, -0.2) is 8.42 Å². The Bertz CT molecular complexity index is 488. The number of alkyl halides is 1. The van der Waals surface area contributed by atoms with Crippen molar-refractivity contribution < 1.29 is 8.42 Å². The quantitative estimate of drug-likeness (QED) is 0.773. The first-order chi connectivity index (χ1) is 6.49. The van der Waals surface area contributed by atoms with Crippen LogP contribution in [0.1, 0.15) is 11.1 Å². The number of rotatable bonds is 2. The first-order valence-corrected chi connectivity index (χ1v) is 6.79. The summed E-state index contributed by atoms with van der Waals surface area (Å²) < 4.78 is 22.7. The third-order valence-corrected chi connectivity index (χ3v) is 3.52. The molecule has 0 saturated heterocycles. The summed E-state index contributed by atoms with van der Waals surface area (Å²) in [6, 6.07) is 6.55. The number of nitriles is 1. The molecule has 0 saturated carbocycles. The number of halogens is 1. The van der Waals surface area contributed by atoms with Crippen LogP contribution >= 0.6 is 15.9 Å². The van der Waals surface area contributed by atoms with Gasteiger partial charge >= 0.3 is 0 Å². The molecule has 0 aromatic heterocycles. The molecule has 1 aromatic rings. The average molecular weight is 274 g/mol. The molecule has 5 heteroatoms. The summed E-state index contributed by atoms with van der Waals surface area (Å²) in [6.07, 6.45) is 1.13. The van der Waals surface area contributed by atoms with Gasteiger partial charge in [-0.3, -0.25) is 0 Å². The summed E-state index contributed by atoms with van der Waals surface area (Å²) in [5.74, 6) is 0. The van der Waals surface area contributed by atoms with Gasteiger partial charge in [0.05, 0.1) is 16.5 Å². The van der Waals surface area contributed by atoms with E-state index in [4.69, 9.17) is 5.26 Å². The average Bonchev–Trinajstić information content (AvgIpc) is 2.15. The van der Waals surface area contributed by atoms with Crippen molar-refractivity contribution in [3.8, 4) is 6.07 Å². The van der Waals surface area contributed by atoms with E-state index in [9.17, 15) is 8.42 Å². The topological polar surface area (TPSA) is 57.9 Å². The minimum atomic E-state index is -3.26. The van der Waals surface area contributed by atoms with E-state index in [2.05, 4.69) is 15.9 Å².